The van der Waals surface area contributed by atoms with E-state index in [0.717, 1.165) is 41.1 Å². The highest BCUT2D eigenvalue weighted by Crippen LogP contribution is 2.30. The van der Waals surface area contributed by atoms with Gasteiger partial charge in [0.15, 0.2) is 0 Å². The summed E-state index contributed by atoms with van der Waals surface area (Å²) in [6.07, 6.45) is -4.46. The lowest BCUT2D eigenvalue weighted by atomic mass is 10.1. The minimum absolute atomic E-state index is 0.132. The number of alkyl halides is 3. The van der Waals surface area contributed by atoms with Crippen molar-refractivity contribution in [3.8, 4) is 0 Å². The molecular weight excluding hydrogens is 369 g/mol. The second-order valence-electron chi connectivity index (χ2n) is 7.09. The van der Waals surface area contributed by atoms with Crippen LogP contribution in [0.4, 0.5) is 18.9 Å². The number of carbonyl (C=O) groups is 2. The van der Waals surface area contributed by atoms with E-state index in [0.29, 0.717) is 13.1 Å². The molecule has 28 heavy (non-hydrogen) atoms. The molecule has 0 radical (unpaired) electrons. The van der Waals surface area contributed by atoms with Crippen molar-refractivity contribution in [3.63, 3.8) is 0 Å². The Kier molecular flexibility index (Phi) is 5.19. The van der Waals surface area contributed by atoms with Crippen LogP contribution in [0.2, 0.25) is 0 Å². The number of aryl methyl sites for hydroxylation is 2. The maximum absolute atomic E-state index is 12.9. The molecule has 0 bridgehead atoms. The van der Waals surface area contributed by atoms with E-state index in [1.807, 2.05) is 32.0 Å². The highest BCUT2D eigenvalue weighted by atomic mass is 19.4. The summed E-state index contributed by atoms with van der Waals surface area (Å²) in [7, 11) is 0. The van der Waals surface area contributed by atoms with Gasteiger partial charge in [-0.1, -0.05) is 6.07 Å². The molecular formula is C21H21F3N2O2. The zero-order chi connectivity index (χ0) is 20.6. The van der Waals surface area contributed by atoms with E-state index in [-0.39, 0.29) is 11.5 Å². The number of carbonyl (C=O) groups excluding carboxylic acids is 2. The van der Waals surface area contributed by atoms with Gasteiger partial charge in [-0.15, -0.1) is 0 Å². The smallest absolute Gasteiger partial charge is 0.325 e. The van der Waals surface area contributed by atoms with Crippen molar-refractivity contribution in [2.45, 2.75) is 33.0 Å². The van der Waals surface area contributed by atoms with Crippen molar-refractivity contribution < 1.29 is 22.8 Å². The average molecular weight is 390 g/mol. The summed E-state index contributed by atoms with van der Waals surface area (Å²) in [4.78, 5) is 28.7. The van der Waals surface area contributed by atoms with Gasteiger partial charge in [0.2, 0.25) is 5.91 Å². The van der Waals surface area contributed by atoms with E-state index in [1.165, 1.54) is 4.90 Å². The van der Waals surface area contributed by atoms with Crippen LogP contribution >= 0.6 is 0 Å². The van der Waals surface area contributed by atoms with E-state index >= 15 is 0 Å². The number of hydrogen-bond donors (Lipinski definition) is 0. The van der Waals surface area contributed by atoms with Gasteiger partial charge in [-0.05, 0) is 68.3 Å². The first kappa shape index (κ1) is 19.9. The molecule has 0 aliphatic carbocycles. The van der Waals surface area contributed by atoms with Crippen LogP contribution in [0, 0.1) is 13.8 Å². The van der Waals surface area contributed by atoms with Crippen LogP contribution in [0.1, 0.15) is 34.0 Å². The quantitative estimate of drug-likeness (QED) is 0.771. The van der Waals surface area contributed by atoms with Crippen LogP contribution in [0.3, 0.4) is 0 Å². The van der Waals surface area contributed by atoms with Crippen LogP contribution in [-0.2, 0) is 11.0 Å². The highest BCUT2D eigenvalue weighted by molar-refractivity contribution is 6.03. The molecule has 0 N–H and O–H groups in total. The van der Waals surface area contributed by atoms with Gasteiger partial charge in [-0.3, -0.25) is 9.59 Å². The molecule has 1 atom stereocenters. The third-order valence-electron chi connectivity index (χ3n) is 4.89. The normalized spacial score (nSPS) is 17.8. The molecule has 2 aromatic rings. The largest absolute Gasteiger partial charge is 0.416 e. The fourth-order valence-corrected chi connectivity index (χ4v) is 3.48. The Bertz CT molecular complexity index is 887. The molecule has 7 heteroatoms. The Morgan fingerprint density at radius 3 is 2.11 bits per heavy atom. The molecule has 4 nitrogen and oxygen atoms in total. The lowest BCUT2D eigenvalue weighted by Crippen LogP contribution is -2.57. The molecule has 0 saturated carbocycles. The summed E-state index contributed by atoms with van der Waals surface area (Å²) in [5.74, 6) is -0.661. The molecule has 2 amide bonds. The topological polar surface area (TPSA) is 40.6 Å². The van der Waals surface area contributed by atoms with Crippen LogP contribution in [0.25, 0.3) is 0 Å². The van der Waals surface area contributed by atoms with E-state index in [1.54, 1.807) is 11.8 Å². The van der Waals surface area contributed by atoms with Gasteiger partial charge in [0.05, 0.1) is 5.56 Å². The Morgan fingerprint density at radius 1 is 1.00 bits per heavy atom. The molecule has 148 valence electrons. The Morgan fingerprint density at radius 2 is 1.57 bits per heavy atom. The lowest BCUT2D eigenvalue weighted by molar-refractivity contribution is -0.137. The predicted molar refractivity (Wildman–Crippen MR) is 100 cm³/mol. The van der Waals surface area contributed by atoms with Crippen LogP contribution in [0.5, 0.6) is 0 Å². The Balaban J connectivity index is 1.78. The van der Waals surface area contributed by atoms with Crippen molar-refractivity contribution >= 4 is 17.5 Å². The number of hydrogen-bond acceptors (Lipinski definition) is 2. The van der Waals surface area contributed by atoms with Crippen molar-refractivity contribution in [2.75, 3.05) is 18.0 Å². The number of nitrogens with zero attached hydrogens (tertiary/aromatic N) is 2. The van der Waals surface area contributed by atoms with Crippen LogP contribution < -0.4 is 4.90 Å². The van der Waals surface area contributed by atoms with E-state index < -0.39 is 23.7 Å². The summed E-state index contributed by atoms with van der Waals surface area (Å²) in [5, 5.41) is 0. The minimum Gasteiger partial charge on any atom is -0.325 e. The number of piperazine rings is 1. The first-order valence-corrected chi connectivity index (χ1v) is 8.96. The molecule has 1 aliphatic heterocycles. The standard InChI is InChI=1S/C21H21F3N2O2/c1-13-10-14(2)12-18(11-13)26-9-8-25(15(3)19(26)27)20(28)16-4-6-17(7-5-16)21(22,23)24/h4-7,10-12,15H,8-9H2,1-3H3/t15-/m0/s1. The van der Waals surface area contributed by atoms with Gasteiger partial charge >= 0.3 is 6.18 Å². The summed E-state index contributed by atoms with van der Waals surface area (Å²) in [6, 6.07) is 9.22. The van der Waals surface area contributed by atoms with Gasteiger partial charge in [0.1, 0.15) is 6.04 Å². The SMILES string of the molecule is Cc1cc(C)cc(N2CCN(C(=O)c3ccc(C(F)(F)F)cc3)[C@@H](C)C2=O)c1. The number of amides is 2. The van der Waals surface area contributed by atoms with E-state index in [4.69, 9.17) is 0 Å². The Labute approximate surface area is 161 Å². The van der Waals surface area contributed by atoms with E-state index in [2.05, 4.69) is 0 Å². The fraction of sp³-hybridized carbons (Fsp3) is 0.333. The summed E-state index contributed by atoms with van der Waals surface area (Å²) < 4.78 is 38.1. The van der Waals surface area contributed by atoms with Crippen molar-refractivity contribution in [2.24, 2.45) is 0 Å². The zero-order valence-electron chi connectivity index (χ0n) is 15.9. The molecule has 0 aromatic heterocycles. The fourth-order valence-electron chi connectivity index (χ4n) is 3.48. The van der Waals surface area contributed by atoms with Crippen molar-refractivity contribution in [3.05, 3.63) is 64.7 Å². The number of anilines is 1. The third-order valence-corrected chi connectivity index (χ3v) is 4.89. The summed E-state index contributed by atoms with van der Waals surface area (Å²) in [5.41, 5.74) is 2.19. The maximum atomic E-state index is 12.9. The third kappa shape index (κ3) is 3.88. The highest BCUT2D eigenvalue weighted by Gasteiger charge is 2.36. The van der Waals surface area contributed by atoms with Crippen LogP contribution in [0.15, 0.2) is 42.5 Å². The average Bonchev–Trinajstić information content (AvgIpc) is 2.62. The maximum Gasteiger partial charge on any atom is 0.416 e. The first-order chi connectivity index (χ1) is 13.1. The molecule has 3 rings (SSSR count). The molecule has 2 aromatic carbocycles. The van der Waals surface area contributed by atoms with Gasteiger partial charge < -0.3 is 9.80 Å². The number of halogens is 3. The lowest BCUT2D eigenvalue weighted by Gasteiger charge is -2.39. The molecule has 0 unspecified atom stereocenters. The van der Waals surface area contributed by atoms with Crippen LogP contribution in [-0.4, -0.2) is 35.8 Å². The zero-order valence-corrected chi connectivity index (χ0v) is 15.9. The molecule has 1 heterocycles. The molecule has 1 aliphatic rings. The van der Waals surface area contributed by atoms with Gasteiger partial charge in [0, 0.05) is 24.3 Å². The molecule has 1 saturated heterocycles. The second kappa shape index (κ2) is 7.30. The summed E-state index contributed by atoms with van der Waals surface area (Å²) in [6.45, 7) is 6.18. The van der Waals surface area contributed by atoms with Gasteiger partial charge in [-0.25, -0.2) is 0 Å². The molecule has 1 fully saturated rings. The number of rotatable bonds is 2. The van der Waals surface area contributed by atoms with Crippen molar-refractivity contribution in [1.29, 1.82) is 0 Å². The van der Waals surface area contributed by atoms with Gasteiger partial charge in [0.25, 0.3) is 5.91 Å². The monoisotopic (exact) mass is 390 g/mol. The number of benzene rings is 2. The minimum atomic E-state index is -4.46. The predicted octanol–water partition coefficient (Wildman–Crippen LogP) is 4.20. The van der Waals surface area contributed by atoms with E-state index in [9.17, 15) is 22.8 Å². The summed E-state index contributed by atoms with van der Waals surface area (Å²) >= 11 is 0. The first-order valence-electron chi connectivity index (χ1n) is 8.96. The Hall–Kier alpha value is -2.83. The second-order valence-corrected chi connectivity index (χ2v) is 7.09. The van der Waals surface area contributed by atoms with Gasteiger partial charge in [-0.2, -0.15) is 13.2 Å². The molecule has 0 spiro atoms. The van der Waals surface area contributed by atoms with Crippen molar-refractivity contribution in [1.82, 2.24) is 4.90 Å².